The van der Waals surface area contributed by atoms with Crippen LogP contribution in [0.15, 0.2) is 45.3 Å². The third-order valence-electron chi connectivity index (χ3n) is 3.62. The van der Waals surface area contributed by atoms with Crippen LogP contribution in [-0.2, 0) is 9.53 Å². The van der Waals surface area contributed by atoms with Crippen molar-refractivity contribution in [3.63, 3.8) is 0 Å². The number of nitrogens with one attached hydrogen (secondary N) is 1. The van der Waals surface area contributed by atoms with Crippen molar-refractivity contribution in [3.05, 3.63) is 63.8 Å². The number of carbonyl (C=O) groups is 2. The van der Waals surface area contributed by atoms with E-state index in [0.717, 1.165) is 28.1 Å². The van der Waals surface area contributed by atoms with Crippen LogP contribution in [0.25, 0.3) is 11.0 Å². The van der Waals surface area contributed by atoms with Gasteiger partial charge in [-0.25, -0.2) is 13.6 Å². The fourth-order valence-corrected chi connectivity index (χ4v) is 2.73. The van der Waals surface area contributed by atoms with Crippen LogP contribution in [0.2, 0.25) is 0 Å². The van der Waals surface area contributed by atoms with Crippen molar-refractivity contribution in [1.82, 2.24) is 0 Å². The Bertz CT molecular complexity index is 1020. The standard InChI is InChI=1S/C18H12BrF2NO4/c1-9-12-6-10(19)2-5-15(12)26-17(9)18(24)25-8-16(23)22-14-7-11(20)3-4-13(14)21/h2-7H,8H2,1H3,(H,22,23). The molecule has 1 aromatic heterocycles. The summed E-state index contributed by atoms with van der Waals surface area (Å²) in [7, 11) is 0. The molecule has 26 heavy (non-hydrogen) atoms. The largest absolute Gasteiger partial charge is 0.450 e. The fraction of sp³-hybridized carbons (Fsp3) is 0.111. The molecule has 134 valence electrons. The molecule has 3 rings (SSSR count). The molecule has 0 spiro atoms. The Labute approximate surface area is 155 Å². The van der Waals surface area contributed by atoms with Gasteiger partial charge in [0.15, 0.2) is 6.61 Å². The molecule has 1 heterocycles. The maximum Gasteiger partial charge on any atom is 0.375 e. The molecule has 0 fully saturated rings. The van der Waals surface area contributed by atoms with Crippen LogP contribution in [0.5, 0.6) is 0 Å². The minimum absolute atomic E-state index is 0.0252. The molecule has 0 saturated heterocycles. The van der Waals surface area contributed by atoms with Crippen LogP contribution in [0.4, 0.5) is 14.5 Å². The summed E-state index contributed by atoms with van der Waals surface area (Å²) < 4.78 is 37.8. The van der Waals surface area contributed by atoms with E-state index >= 15 is 0 Å². The van der Waals surface area contributed by atoms with Gasteiger partial charge in [0.1, 0.15) is 17.2 Å². The molecule has 0 radical (unpaired) electrons. The van der Waals surface area contributed by atoms with Crippen molar-refractivity contribution in [2.75, 3.05) is 11.9 Å². The summed E-state index contributed by atoms with van der Waals surface area (Å²) in [4.78, 5) is 24.0. The summed E-state index contributed by atoms with van der Waals surface area (Å²) in [5.74, 6) is -3.17. The van der Waals surface area contributed by atoms with Gasteiger partial charge in [-0.2, -0.15) is 0 Å². The number of amides is 1. The summed E-state index contributed by atoms with van der Waals surface area (Å²) in [6.45, 7) is 1.02. The number of fused-ring (bicyclic) bond motifs is 1. The highest BCUT2D eigenvalue weighted by atomic mass is 79.9. The number of hydrogen-bond donors (Lipinski definition) is 1. The van der Waals surface area contributed by atoms with Gasteiger partial charge in [0.25, 0.3) is 5.91 Å². The predicted octanol–water partition coefficient (Wildman–Crippen LogP) is 4.58. The summed E-state index contributed by atoms with van der Waals surface area (Å²) >= 11 is 3.34. The fourth-order valence-electron chi connectivity index (χ4n) is 2.36. The number of rotatable bonds is 4. The van der Waals surface area contributed by atoms with E-state index in [4.69, 9.17) is 9.15 Å². The van der Waals surface area contributed by atoms with Crippen molar-refractivity contribution in [2.45, 2.75) is 6.92 Å². The predicted molar refractivity (Wildman–Crippen MR) is 93.9 cm³/mol. The molecule has 2 aromatic carbocycles. The second kappa shape index (κ2) is 7.25. The molecule has 0 aliphatic carbocycles. The van der Waals surface area contributed by atoms with E-state index in [0.29, 0.717) is 11.1 Å². The molecule has 1 N–H and O–H groups in total. The van der Waals surface area contributed by atoms with E-state index in [-0.39, 0.29) is 11.4 Å². The Hall–Kier alpha value is -2.74. The number of furan rings is 1. The SMILES string of the molecule is Cc1c(C(=O)OCC(=O)Nc2cc(F)ccc2F)oc2ccc(Br)cc12. The number of esters is 1. The lowest BCUT2D eigenvalue weighted by Crippen LogP contribution is -2.21. The second-order valence-corrected chi connectivity index (χ2v) is 6.36. The van der Waals surface area contributed by atoms with Gasteiger partial charge in [0.2, 0.25) is 5.76 Å². The van der Waals surface area contributed by atoms with Gasteiger partial charge in [0.05, 0.1) is 5.69 Å². The lowest BCUT2D eigenvalue weighted by atomic mass is 10.1. The van der Waals surface area contributed by atoms with Crippen LogP contribution < -0.4 is 5.32 Å². The van der Waals surface area contributed by atoms with Gasteiger partial charge >= 0.3 is 5.97 Å². The monoisotopic (exact) mass is 423 g/mol. The number of halogens is 3. The van der Waals surface area contributed by atoms with Crippen LogP contribution in [0.3, 0.4) is 0 Å². The molecular weight excluding hydrogens is 412 g/mol. The van der Waals surface area contributed by atoms with Crippen molar-refractivity contribution >= 4 is 44.5 Å². The highest BCUT2D eigenvalue weighted by molar-refractivity contribution is 9.10. The normalized spacial score (nSPS) is 10.8. The lowest BCUT2D eigenvalue weighted by Gasteiger charge is -2.07. The smallest absolute Gasteiger partial charge is 0.375 e. The molecule has 0 unspecified atom stereocenters. The van der Waals surface area contributed by atoms with Crippen molar-refractivity contribution in [2.24, 2.45) is 0 Å². The second-order valence-electron chi connectivity index (χ2n) is 5.45. The van der Waals surface area contributed by atoms with Gasteiger partial charge < -0.3 is 14.5 Å². The molecule has 5 nitrogen and oxygen atoms in total. The zero-order valence-corrected chi connectivity index (χ0v) is 15.0. The van der Waals surface area contributed by atoms with Gasteiger partial charge in [-0.1, -0.05) is 15.9 Å². The van der Waals surface area contributed by atoms with Gasteiger partial charge in [0, 0.05) is 21.5 Å². The van der Waals surface area contributed by atoms with Crippen LogP contribution in [0.1, 0.15) is 16.1 Å². The minimum Gasteiger partial charge on any atom is -0.450 e. The average Bonchev–Trinajstić information content (AvgIpc) is 2.92. The molecule has 0 aliphatic heterocycles. The van der Waals surface area contributed by atoms with Crippen molar-refractivity contribution in [1.29, 1.82) is 0 Å². The molecule has 0 saturated carbocycles. The molecular formula is C18H12BrF2NO4. The zero-order valence-electron chi connectivity index (χ0n) is 13.4. The Morgan fingerprint density at radius 1 is 1.19 bits per heavy atom. The highest BCUT2D eigenvalue weighted by Crippen LogP contribution is 2.28. The van der Waals surface area contributed by atoms with E-state index in [9.17, 15) is 18.4 Å². The summed E-state index contributed by atoms with van der Waals surface area (Å²) in [5.41, 5.74) is 0.739. The number of aryl methyl sites for hydroxylation is 1. The Morgan fingerprint density at radius 3 is 2.73 bits per heavy atom. The van der Waals surface area contributed by atoms with E-state index in [1.807, 2.05) is 0 Å². The van der Waals surface area contributed by atoms with Crippen LogP contribution in [0, 0.1) is 18.6 Å². The molecule has 0 bridgehead atoms. The highest BCUT2D eigenvalue weighted by Gasteiger charge is 2.20. The van der Waals surface area contributed by atoms with E-state index in [1.165, 1.54) is 0 Å². The summed E-state index contributed by atoms with van der Waals surface area (Å²) in [6, 6.07) is 7.89. The molecule has 8 heteroatoms. The summed E-state index contributed by atoms with van der Waals surface area (Å²) in [6.07, 6.45) is 0. The third kappa shape index (κ3) is 3.75. The first-order chi connectivity index (χ1) is 12.3. The first-order valence-corrected chi connectivity index (χ1v) is 8.25. The number of ether oxygens (including phenoxy) is 1. The van der Waals surface area contributed by atoms with E-state index in [1.54, 1.807) is 25.1 Å². The molecule has 1 amide bonds. The zero-order chi connectivity index (χ0) is 18.8. The van der Waals surface area contributed by atoms with E-state index in [2.05, 4.69) is 21.2 Å². The average molecular weight is 424 g/mol. The number of carbonyl (C=O) groups excluding carboxylic acids is 2. The maximum absolute atomic E-state index is 13.5. The summed E-state index contributed by atoms with van der Waals surface area (Å²) in [5, 5.41) is 2.87. The molecule has 0 atom stereocenters. The van der Waals surface area contributed by atoms with Crippen LogP contribution >= 0.6 is 15.9 Å². The molecule has 0 aliphatic rings. The maximum atomic E-state index is 13.5. The number of anilines is 1. The van der Waals surface area contributed by atoms with Crippen molar-refractivity contribution in [3.8, 4) is 0 Å². The minimum atomic E-state index is -0.829. The van der Waals surface area contributed by atoms with Gasteiger partial charge in [-0.15, -0.1) is 0 Å². The molecule has 3 aromatic rings. The Kier molecular flexibility index (Phi) is 5.03. The van der Waals surface area contributed by atoms with E-state index < -0.39 is 30.1 Å². The van der Waals surface area contributed by atoms with Crippen molar-refractivity contribution < 1.29 is 27.5 Å². The lowest BCUT2D eigenvalue weighted by molar-refractivity contribution is -0.119. The topological polar surface area (TPSA) is 68.5 Å². The third-order valence-corrected chi connectivity index (χ3v) is 4.11. The number of benzene rings is 2. The first kappa shape index (κ1) is 18.1. The van der Waals surface area contributed by atoms with Gasteiger partial charge in [-0.05, 0) is 37.3 Å². The van der Waals surface area contributed by atoms with Crippen LogP contribution in [-0.4, -0.2) is 18.5 Å². The Morgan fingerprint density at radius 2 is 1.96 bits per heavy atom. The Balaban J connectivity index is 1.68. The van der Waals surface area contributed by atoms with Gasteiger partial charge in [-0.3, -0.25) is 4.79 Å². The first-order valence-electron chi connectivity index (χ1n) is 7.46. The number of hydrogen-bond acceptors (Lipinski definition) is 4. The quantitative estimate of drug-likeness (QED) is 0.623.